The first-order chi connectivity index (χ1) is 8.97. The number of amides is 1. The van der Waals surface area contributed by atoms with Crippen LogP contribution in [0.25, 0.3) is 0 Å². The third kappa shape index (κ3) is 3.85. The van der Waals surface area contributed by atoms with Gasteiger partial charge in [-0.05, 0) is 38.0 Å². The second-order valence-corrected chi connectivity index (χ2v) is 5.27. The predicted molar refractivity (Wildman–Crippen MR) is 72.5 cm³/mol. The molecule has 1 saturated carbocycles. The lowest BCUT2D eigenvalue weighted by atomic mass is 10.2. The molecule has 4 nitrogen and oxygen atoms in total. The van der Waals surface area contributed by atoms with E-state index in [9.17, 15) is 9.59 Å². The van der Waals surface area contributed by atoms with Crippen molar-refractivity contribution in [3.8, 4) is 0 Å². The molecule has 0 unspecified atom stereocenters. The summed E-state index contributed by atoms with van der Waals surface area (Å²) in [5, 5.41) is 3.40. The van der Waals surface area contributed by atoms with Crippen LogP contribution in [0.1, 0.15) is 30.1 Å². The van der Waals surface area contributed by atoms with Crippen molar-refractivity contribution in [3.63, 3.8) is 0 Å². The highest BCUT2D eigenvalue weighted by Gasteiger charge is 2.27. The molecular formula is C13H13Cl2NO3. The minimum absolute atomic E-state index is 0.235. The van der Waals surface area contributed by atoms with E-state index < -0.39 is 12.1 Å². The van der Waals surface area contributed by atoms with Crippen LogP contribution >= 0.6 is 23.2 Å². The summed E-state index contributed by atoms with van der Waals surface area (Å²) in [6, 6.07) is 4.66. The van der Waals surface area contributed by atoms with Gasteiger partial charge in [0.15, 0.2) is 6.10 Å². The summed E-state index contributed by atoms with van der Waals surface area (Å²) in [5.41, 5.74) is 0.264. The van der Waals surface area contributed by atoms with Crippen LogP contribution in [0.3, 0.4) is 0 Å². The molecule has 2 rings (SSSR count). The number of ether oxygens (including phenoxy) is 1. The molecule has 102 valence electrons. The Morgan fingerprint density at radius 1 is 1.32 bits per heavy atom. The summed E-state index contributed by atoms with van der Waals surface area (Å²) >= 11 is 11.6. The van der Waals surface area contributed by atoms with Gasteiger partial charge in [-0.3, -0.25) is 4.79 Å². The van der Waals surface area contributed by atoms with Gasteiger partial charge in [-0.25, -0.2) is 4.79 Å². The fourth-order valence-electron chi connectivity index (χ4n) is 1.45. The van der Waals surface area contributed by atoms with Crippen molar-refractivity contribution in [2.24, 2.45) is 0 Å². The van der Waals surface area contributed by atoms with Gasteiger partial charge in [0.1, 0.15) is 0 Å². The minimum Gasteiger partial charge on any atom is -0.449 e. The van der Waals surface area contributed by atoms with Crippen LogP contribution in [0.5, 0.6) is 0 Å². The number of hydrogen-bond donors (Lipinski definition) is 1. The number of halogens is 2. The Kier molecular flexibility index (Phi) is 4.32. The van der Waals surface area contributed by atoms with Crippen LogP contribution in [0.4, 0.5) is 0 Å². The SMILES string of the molecule is C[C@@H](OC(=O)c1ccc(Cl)c(Cl)c1)C(=O)NC1CC1. The molecule has 1 aromatic rings. The van der Waals surface area contributed by atoms with Gasteiger partial charge >= 0.3 is 5.97 Å². The number of nitrogens with one attached hydrogen (secondary N) is 1. The smallest absolute Gasteiger partial charge is 0.338 e. The van der Waals surface area contributed by atoms with Crippen molar-refractivity contribution < 1.29 is 14.3 Å². The molecule has 19 heavy (non-hydrogen) atoms. The maximum absolute atomic E-state index is 11.8. The molecule has 1 aliphatic rings. The van der Waals surface area contributed by atoms with Crippen molar-refractivity contribution >= 4 is 35.1 Å². The Morgan fingerprint density at radius 2 is 2.00 bits per heavy atom. The second-order valence-electron chi connectivity index (χ2n) is 4.46. The molecule has 1 atom stereocenters. The molecule has 1 aliphatic carbocycles. The highest BCUT2D eigenvalue weighted by atomic mass is 35.5. The molecule has 0 aromatic heterocycles. The average Bonchev–Trinajstić information content (AvgIpc) is 3.16. The maximum Gasteiger partial charge on any atom is 0.338 e. The topological polar surface area (TPSA) is 55.4 Å². The van der Waals surface area contributed by atoms with Crippen molar-refractivity contribution in [1.29, 1.82) is 0 Å². The Labute approximate surface area is 121 Å². The van der Waals surface area contributed by atoms with E-state index in [-0.39, 0.29) is 22.5 Å². The highest BCUT2D eigenvalue weighted by molar-refractivity contribution is 6.42. The van der Waals surface area contributed by atoms with E-state index >= 15 is 0 Å². The molecule has 0 saturated heterocycles. The number of rotatable bonds is 4. The first-order valence-electron chi connectivity index (χ1n) is 5.94. The molecule has 1 aromatic carbocycles. The van der Waals surface area contributed by atoms with Gasteiger partial charge in [0.25, 0.3) is 5.91 Å². The normalized spacial score (nSPS) is 15.7. The molecule has 1 fully saturated rings. The standard InChI is InChI=1S/C13H13Cl2NO3/c1-7(12(17)16-9-3-4-9)19-13(18)8-2-5-10(14)11(15)6-8/h2,5-7,9H,3-4H2,1H3,(H,16,17)/t7-/m1/s1. The molecule has 0 aliphatic heterocycles. The van der Waals surface area contributed by atoms with Crippen LogP contribution < -0.4 is 5.32 Å². The highest BCUT2D eigenvalue weighted by Crippen LogP contribution is 2.23. The number of esters is 1. The third-order valence-electron chi connectivity index (χ3n) is 2.73. The lowest BCUT2D eigenvalue weighted by molar-refractivity contribution is -0.129. The summed E-state index contributed by atoms with van der Waals surface area (Å²) in [6.07, 6.45) is 1.14. The second kappa shape index (κ2) is 5.80. The first-order valence-corrected chi connectivity index (χ1v) is 6.69. The van der Waals surface area contributed by atoms with Crippen molar-refractivity contribution in [1.82, 2.24) is 5.32 Å². The van der Waals surface area contributed by atoms with Gasteiger partial charge in [-0.15, -0.1) is 0 Å². The molecule has 0 spiro atoms. The van der Waals surface area contributed by atoms with Crippen LogP contribution in [-0.4, -0.2) is 24.0 Å². The molecular weight excluding hydrogens is 289 g/mol. The van der Waals surface area contributed by atoms with E-state index in [1.165, 1.54) is 25.1 Å². The van der Waals surface area contributed by atoms with E-state index in [1.54, 1.807) is 0 Å². The van der Waals surface area contributed by atoms with Crippen LogP contribution in [0, 0.1) is 0 Å². The number of benzene rings is 1. The van der Waals surface area contributed by atoms with Gasteiger partial charge < -0.3 is 10.1 Å². The molecule has 0 heterocycles. The van der Waals surface area contributed by atoms with Gasteiger partial charge in [0, 0.05) is 6.04 Å². The van der Waals surface area contributed by atoms with Crippen LogP contribution in [0.15, 0.2) is 18.2 Å². The van der Waals surface area contributed by atoms with E-state index in [1.807, 2.05) is 0 Å². The maximum atomic E-state index is 11.8. The van der Waals surface area contributed by atoms with E-state index in [4.69, 9.17) is 27.9 Å². The fourth-order valence-corrected chi connectivity index (χ4v) is 1.75. The molecule has 0 radical (unpaired) electrons. The first kappa shape index (κ1) is 14.2. The molecule has 1 amide bonds. The zero-order valence-corrected chi connectivity index (χ0v) is 11.8. The Bertz CT molecular complexity index is 515. The van der Waals surface area contributed by atoms with Crippen LogP contribution in [-0.2, 0) is 9.53 Å². The lowest BCUT2D eigenvalue weighted by Gasteiger charge is -2.13. The van der Waals surface area contributed by atoms with Crippen molar-refractivity contribution in [2.45, 2.75) is 31.9 Å². The molecule has 1 N–H and O–H groups in total. The fraction of sp³-hybridized carbons (Fsp3) is 0.385. The van der Waals surface area contributed by atoms with Crippen LogP contribution in [0.2, 0.25) is 10.0 Å². The summed E-state index contributed by atoms with van der Waals surface area (Å²) in [4.78, 5) is 23.5. The summed E-state index contributed by atoms with van der Waals surface area (Å²) in [5.74, 6) is -0.882. The lowest BCUT2D eigenvalue weighted by Crippen LogP contribution is -2.37. The number of carbonyl (C=O) groups is 2. The number of hydrogen-bond acceptors (Lipinski definition) is 3. The quantitative estimate of drug-likeness (QED) is 0.870. The monoisotopic (exact) mass is 301 g/mol. The van der Waals surface area contributed by atoms with E-state index in [2.05, 4.69) is 5.32 Å². The van der Waals surface area contributed by atoms with Crippen molar-refractivity contribution in [3.05, 3.63) is 33.8 Å². The number of carbonyl (C=O) groups excluding carboxylic acids is 2. The van der Waals surface area contributed by atoms with Gasteiger partial charge in [-0.2, -0.15) is 0 Å². The van der Waals surface area contributed by atoms with E-state index in [0.29, 0.717) is 5.02 Å². The van der Waals surface area contributed by atoms with E-state index in [0.717, 1.165) is 12.8 Å². The average molecular weight is 302 g/mol. The van der Waals surface area contributed by atoms with Crippen molar-refractivity contribution in [2.75, 3.05) is 0 Å². The Balaban J connectivity index is 1.95. The minimum atomic E-state index is -0.831. The van der Waals surface area contributed by atoms with Gasteiger partial charge in [-0.1, -0.05) is 23.2 Å². The molecule has 0 bridgehead atoms. The Morgan fingerprint density at radius 3 is 2.58 bits per heavy atom. The summed E-state index contributed by atoms with van der Waals surface area (Å²) in [6.45, 7) is 1.53. The predicted octanol–water partition coefficient (Wildman–Crippen LogP) is 2.82. The third-order valence-corrected chi connectivity index (χ3v) is 3.47. The van der Waals surface area contributed by atoms with Gasteiger partial charge in [0.05, 0.1) is 15.6 Å². The largest absolute Gasteiger partial charge is 0.449 e. The zero-order valence-electron chi connectivity index (χ0n) is 10.3. The Hall–Kier alpha value is -1.26. The summed E-state index contributed by atoms with van der Waals surface area (Å²) < 4.78 is 5.07. The zero-order chi connectivity index (χ0) is 14.0. The van der Waals surface area contributed by atoms with Gasteiger partial charge in [0.2, 0.25) is 0 Å². The summed E-state index contributed by atoms with van der Waals surface area (Å²) in [7, 11) is 0. The molecule has 6 heteroatoms.